The second-order valence-electron chi connectivity index (χ2n) is 16.9. The molecule has 0 saturated heterocycles. The highest BCUT2D eigenvalue weighted by atomic mass is 14.8. The predicted octanol–water partition coefficient (Wildman–Crippen LogP) is 14.9. The zero-order valence-corrected chi connectivity index (χ0v) is 35.2. The SMILES string of the molecule is c1ccc(-c2ccc3ccc4ccc(-c5ccc(-c6cccc(-c7nc8ccccc8c8cc9c(cc78)-c7ccccc7C9(c7ccccc7)c7ccccc7)c6)nc5)nc4c3n2)cc1. The van der Waals surface area contributed by atoms with Crippen LogP contribution in [-0.4, -0.2) is 19.9 Å². The van der Waals surface area contributed by atoms with Crippen molar-refractivity contribution in [2.75, 3.05) is 0 Å². The van der Waals surface area contributed by atoms with Gasteiger partial charge in [-0.1, -0.05) is 176 Å². The molecule has 1 aliphatic carbocycles. The average molecular weight is 827 g/mol. The molecule has 8 aromatic carbocycles. The van der Waals surface area contributed by atoms with Crippen molar-refractivity contribution in [3.63, 3.8) is 0 Å². The Labute approximate surface area is 376 Å². The van der Waals surface area contributed by atoms with Crippen LogP contribution < -0.4 is 0 Å². The van der Waals surface area contributed by atoms with E-state index >= 15 is 0 Å². The van der Waals surface area contributed by atoms with Crippen molar-refractivity contribution in [1.29, 1.82) is 0 Å². The zero-order chi connectivity index (χ0) is 42.9. The molecule has 0 unspecified atom stereocenters. The lowest BCUT2D eigenvalue weighted by Gasteiger charge is -2.34. The number of aromatic nitrogens is 4. The Bertz CT molecular complexity index is 3770. The lowest BCUT2D eigenvalue weighted by atomic mass is 9.67. The molecule has 0 N–H and O–H groups in total. The van der Waals surface area contributed by atoms with Crippen molar-refractivity contribution in [2.45, 2.75) is 5.41 Å². The number of hydrogen-bond donors (Lipinski definition) is 0. The summed E-state index contributed by atoms with van der Waals surface area (Å²) in [6.07, 6.45) is 1.93. The van der Waals surface area contributed by atoms with E-state index in [1.54, 1.807) is 0 Å². The van der Waals surface area contributed by atoms with Gasteiger partial charge < -0.3 is 0 Å². The van der Waals surface area contributed by atoms with Crippen LogP contribution in [0.25, 0.3) is 99.6 Å². The first-order chi connectivity index (χ1) is 32.2. The molecular weight excluding hydrogens is 789 g/mol. The summed E-state index contributed by atoms with van der Waals surface area (Å²) in [5, 5.41) is 5.55. The van der Waals surface area contributed by atoms with Gasteiger partial charge in [0.15, 0.2) is 0 Å². The van der Waals surface area contributed by atoms with Gasteiger partial charge in [0.2, 0.25) is 0 Å². The quantitative estimate of drug-likeness (QED) is 0.157. The molecule has 65 heavy (non-hydrogen) atoms. The maximum absolute atomic E-state index is 5.43. The van der Waals surface area contributed by atoms with Crippen LogP contribution in [0.2, 0.25) is 0 Å². The fourth-order valence-electron chi connectivity index (χ4n) is 10.3. The molecule has 4 nitrogen and oxygen atoms in total. The van der Waals surface area contributed by atoms with E-state index in [1.165, 1.54) is 38.8 Å². The maximum atomic E-state index is 5.43. The van der Waals surface area contributed by atoms with Crippen LogP contribution in [0.15, 0.2) is 231 Å². The van der Waals surface area contributed by atoms with Gasteiger partial charge in [0.05, 0.1) is 44.7 Å². The fraction of sp³-hybridized carbons (Fsp3) is 0.0164. The minimum absolute atomic E-state index is 0.496. The first-order valence-electron chi connectivity index (χ1n) is 22.1. The summed E-state index contributed by atoms with van der Waals surface area (Å²) < 4.78 is 0. The second kappa shape index (κ2) is 14.8. The highest BCUT2D eigenvalue weighted by Crippen LogP contribution is 2.57. The molecule has 12 aromatic rings. The van der Waals surface area contributed by atoms with Crippen molar-refractivity contribution in [3.8, 4) is 56.2 Å². The third-order valence-electron chi connectivity index (χ3n) is 13.4. The van der Waals surface area contributed by atoms with Crippen LogP contribution in [-0.2, 0) is 5.41 Å². The number of benzene rings is 8. The van der Waals surface area contributed by atoms with Crippen LogP contribution in [0.5, 0.6) is 0 Å². The highest BCUT2D eigenvalue weighted by Gasteiger charge is 2.46. The Morgan fingerprint density at radius 1 is 0.323 bits per heavy atom. The van der Waals surface area contributed by atoms with E-state index in [-0.39, 0.29) is 0 Å². The molecule has 4 aromatic heterocycles. The van der Waals surface area contributed by atoms with Gasteiger partial charge in [-0.25, -0.2) is 15.0 Å². The van der Waals surface area contributed by atoms with Crippen molar-refractivity contribution in [1.82, 2.24) is 19.9 Å². The van der Waals surface area contributed by atoms with E-state index in [9.17, 15) is 0 Å². The average Bonchev–Trinajstić information content (AvgIpc) is 3.68. The molecule has 4 heterocycles. The van der Waals surface area contributed by atoms with E-state index in [2.05, 4.69) is 206 Å². The minimum atomic E-state index is -0.496. The Kier molecular flexibility index (Phi) is 8.40. The fourth-order valence-corrected chi connectivity index (χ4v) is 10.3. The number of fused-ring (bicyclic) bond motifs is 9. The van der Waals surface area contributed by atoms with Gasteiger partial charge in [-0.3, -0.25) is 4.98 Å². The molecular formula is C61H38N4. The van der Waals surface area contributed by atoms with Crippen LogP contribution in [0, 0.1) is 0 Å². The van der Waals surface area contributed by atoms with Crippen LogP contribution in [0.3, 0.4) is 0 Å². The monoisotopic (exact) mass is 826 g/mol. The van der Waals surface area contributed by atoms with Crippen LogP contribution >= 0.6 is 0 Å². The number of para-hydroxylation sites is 1. The molecule has 0 bridgehead atoms. The highest BCUT2D eigenvalue weighted by molar-refractivity contribution is 6.13. The van der Waals surface area contributed by atoms with Gasteiger partial charge in [-0.2, -0.15) is 0 Å². The Balaban J connectivity index is 0.930. The smallest absolute Gasteiger partial charge is 0.0972 e. The summed E-state index contributed by atoms with van der Waals surface area (Å²) in [5.74, 6) is 0. The number of nitrogens with zero attached hydrogens (tertiary/aromatic N) is 4. The molecule has 0 atom stereocenters. The number of rotatable bonds is 6. The van der Waals surface area contributed by atoms with Gasteiger partial charge in [0, 0.05) is 50.0 Å². The molecule has 0 radical (unpaired) electrons. The minimum Gasteiger partial charge on any atom is -0.256 e. The Morgan fingerprint density at radius 2 is 0.908 bits per heavy atom. The first kappa shape index (κ1) is 37.0. The Morgan fingerprint density at radius 3 is 1.62 bits per heavy atom. The topological polar surface area (TPSA) is 51.6 Å². The third kappa shape index (κ3) is 5.85. The van der Waals surface area contributed by atoms with Gasteiger partial charge in [-0.15, -0.1) is 0 Å². The van der Waals surface area contributed by atoms with Gasteiger partial charge in [-0.05, 0) is 87.3 Å². The summed E-state index contributed by atoms with van der Waals surface area (Å²) in [6.45, 7) is 0. The zero-order valence-electron chi connectivity index (χ0n) is 35.2. The molecule has 0 amide bonds. The number of hydrogen-bond acceptors (Lipinski definition) is 4. The normalized spacial score (nSPS) is 12.7. The van der Waals surface area contributed by atoms with Crippen LogP contribution in [0.4, 0.5) is 0 Å². The molecule has 0 spiro atoms. The lowest BCUT2D eigenvalue weighted by molar-refractivity contribution is 0.769. The Hall–Kier alpha value is -8.60. The third-order valence-corrected chi connectivity index (χ3v) is 13.4. The first-order valence-corrected chi connectivity index (χ1v) is 22.1. The summed E-state index contributed by atoms with van der Waals surface area (Å²) >= 11 is 0. The second-order valence-corrected chi connectivity index (χ2v) is 16.9. The molecule has 0 aliphatic heterocycles. The number of pyridine rings is 4. The van der Waals surface area contributed by atoms with Crippen molar-refractivity contribution in [2.24, 2.45) is 0 Å². The summed E-state index contributed by atoms with van der Waals surface area (Å²) in [7, 11) is 0. The van der Waals surface area contributed by atoms with Gasteiger partial charge in [0.1, 0.15) is 0 Å². The summed E-state index contributed by atoms with van der Waals surface area (Å²) in [4.78, 5) is 20.8. The standard InChI is InChI=1S/C61H38N4/c1-4-15-39(16-5-1)55-33-29-40-27-28-41-30-34-56(64-60(41)59(40)63-55)44-31-32-54(62-38-44)42-17-14-18-43(35-42)58-51-36-50-47-23-10-12-25-52(47)61(45-19-6-2-7-20-45,46-21-8-3-9-22-46)53(50)37-49(51)48-24-11-13-26-57(48)65-58/h1-38H. The molecule has 1 aliphatic rings. The van der Waals surface area contributed by atoms with E-state index in [4.69, 9.17) is 19.9 Å². The summed E-state index contributed by atoms with van der Waals surface area (Å²) in [5.41, 5.74) is 17.5. The largest absolute Gasteiger partial charge is 0.256 e. The van der Waals surface area contributed by atoms with Gasteiger partial charge in [0.25, 0.3) is 0 Å². The van der Waals surface area contributed by atoms with Crippen LogP contribution in [0.1, 0.15) is 22.3 Å². The molecule has 0 saturated carbocycles. The summed E-state index contributed by atoms with van der Waals surface area (Å²) in [6, 6.07) is 80.2. The molecule has 4 heteroatoms. The molecule has 13 rings (SSSR count). The van der Waals surface area contributed by atoms with Crippen molar-refractivity contribution in [3.05, 3.63) is 253 Å². The predicted molar refractivity (Wildman–Crippen MR) is 267 cm³/mol. The van der Waals surface area contributed by atoms with E-state index in [1.807, 2.05) is 24.4 Å². The lowest BCUT2D eigenvalue weighted by Crippen LogP contribution is -2.28. The molecule has 302 valence electrons. The van der Waals surface area contributed by atoms with E-state index in [0.29, 0.717) is 0 Å². The molecule has 0 fully saturated rings. The van der Waals surface area contributed by atoms with E-state index < -0.39 is 5.41 Å². The van der Waals surface area contributed by atoms with Gasteiger partial charge >= 0.3 is 0 Å². The van der Waals surface area contributed by atoms with Crippen molar-refractivity contribution >= 4 is 43.5 Å². The van der Waals surface area contributed by atoms with E-state index in [0.717, 1.165) is 83.1 Å². The van der Waals surface area contributed by atoms with Crippen molar-refractivity contribution < 1.29 is 0 Å². The maximum Gasteiger partial charge on any atom is 0.0972 e.